The fourth-order valence-corrected chi connectivity index (χ4v) is 2.54. The number of carboxylic acid groups (broad SMARTS) is 1. The Labute approximate surface area is 126 Å². The minimum Gasteiger partial charge on any atom is -0.478 e. The molecule has 2 aromatic rings. The Balaban J connectivity index is 2.17. The summed E-state index contributed by atoms with van der Waals surface area (Å²) in [5.74, 6) is -1.34. The monoisotopic (exact) mass is 302 g/mol. The number of hydrogen-bond acceptors (Lipinski definition) is 4. The number of amides is 1. The van der Waals surface area contributed by atoms with Crippen molar-refractivity contribution < 1.29 is 14.7 Å². The third-order valence-corrected chi connectivity index (χ3v) is 3.59. The van der Waals surface area contributed by atoms with E-state index in [-0.39, 0.29) is 11.9 Å². The molecular weight excluding hydrogens is 288 g/mol. The highest BCUT2D eigenvalue weighted by atomic mass is 32.1. The maximum Gasteiger partial charge on any atom is 0.328 e. The quantitative estimate of drug-likeness (QED) is 0.832. The van der Waals surface area contributed by atoms with Gasteiger partial charge in [-0.25, -0.2) is 4.79 Å². The number of thiophene rings is 1. The molecule has 0 aliphatic heterocycles. The first-order chi connectivity index (χ1) is 10.1. The van der Waals surface area contributed by atoms with E-state index in [0.29, 0.717) is 11.1 Å². The second-order valence-electron chi connectivity index (χ2n) is 4.39. The molecule has 0 fully saturated rings. The van der Waals surface area contributed by atoms with Gasteiger partial charge >= 0.3 is 5.97 Å². The van der Waals surface area contributed by atoms with Gasteiger partial charge in [0, 0.05) is 29.6 Å². The molecule has 0 bridgehead atoms. The third-order valence-electron chi connectivity index (χ3n) is 2.89. The van der Waals surface area contributed by atoms with E-state index in [4.69, 9.17) is 5.11 Å². The Morgan fingerprint density at radius 3 is 2.90 bits per heavy atom. The van der Waals surface area contributed by atoms with Crippen LogP contribution in [-0.2, 0) is 4.79 Å². The molecule has 0 aliphatic carbocycles. The first kappa shape index (κ1) is 14.9. The molecule has 0 saturated carbocycles. The van der Waals surface area contributed by atoms with Crippen LogP contribution >= 0.6 is 11.3 Å². The van der Waals surface area contributed by atoms with E-state index in [1.165, 1.54) is 18.5 Å². The van der Waals surface area contributed by atoms with Gasteiger partial charge in [0.2, 0.25) is 0 Å². The number of hydrogen-bond donors (Lipinski definition) is 2. The fourth-order valence-electron chi connectivity index (χ4n) is 1.79. The maximum absolute atomic E-state index is 12.3. The summed E-state index contributed by atoms with van der Waals surface area (Å²) in [6.45, 7) is 1.90. The molecular formula is C15H14N2O3S. The summed E-state index contributed by atoms with van der Waals surface area (Å²) in [7, 11) is 0. The number of carboxylic acids is 1. The van der Waals surface area contributed by atoms with Crippen LogP contribution in [0, 0.1) is 0 Å². The van der Waals surface area contributed by atoms with Crippen LogP contribution < -0.4 is 5.32 Å². The van der Waals surface area contributed by atoms with Gasteiger partial charge in [0.15, 0.2) is 0 Å². The predicted molar refractivity (Wildman–Crippen MR) is 81.1 cm³/mol. The standard InChI is InChI=1S/C15H14N2O3S/c1-10(12-5-7-21-9-12)17-15(20)13-4-6-16-8-11(13)2-3-14(18)19/h2-10H,1H3,(H,17,20)(H,18,19). The van der Waals surface area contributed by atoms with Crippen molar-refractivity contribution in [3.8, 4) is 0 Å². The van der Waals surface area contributed by atoms with Crippen molar-refractivity contribution in [1.29, 1.82) is 0 Å². The largest absolute Gasteiger partial charge is 0.478 e. The van der Waals surface area contributed by atoms with Gasteiger partial charge in [0.1, 0.15) is 0 Å². The van der Waals surface area contributed by atoms with Crippen molar-refractivity contribution in [2.24, 2.45) is 0 Å². The molecule has 2 heterocycles. The summed E-state index contributed by atoms with van der Waals surface area (Å²) in [4.78, 5) is 26.8. The second-order valence-corrected chi connectivity index (χ2v) is 5.17. The van der Waals surface area contributed by atoms with Gasteiger partial charge in [-0.3, -0.25) is 9.78 Å². The van der Waals surface area contributed by atoms with Gasteiger partial charge in [-0.05, 0) is 41.5 Å². The Hall–Kier alpha value is -2.47. The molecule has 0 radical (unpaired) electrons. The van der Waals surface area contributed by atoms with E-state index in [1.807, 2.05) is 23.8 Å². The van der Waals surface area contributed by atoms with Crippen molar-refractivity contribution in [3.63, 3.8) is 0 Å². The Bertz CT molecular complexity index is 665. The van der Waals surface area contributed by atoms with Crippen LogP contribution in [0.4, 0.5) is 0 Å². The van der Waals surface area contributed by atoms with Crippen LogP contribution in [0.5, 0.6) is 0 Å². The fraction of sp³-hybridized carbons (Fsp3) is 0.133. The first-order valence-electron chi connectivity index (χ1n) is 6.26. The lowest BCUT2D eigenvalue weighted by molar-refractivity contribution is -0.131. The van der Waals surface area contributed by atoms with Crippen molar-refractivity contribution in [2.75, 3.05) is 0 Å². The highest BCUT2D eigenvalue weighted by molar-refractivity contribution is 7.07. The maximum atomic E-state index is 12.3. The molecule has 1 unspecified atom stereocenters. The zero-order valence-corrected chi connectivity index (χ0v) is 12.1. The Morgan fingerprint density at radius 2 is 2.24 bits per heavy atom. The Kier molecular flexibility index (Phi) is 4.84. The smallest absolute Gasteiger partial charge is 0.328 e. The lowest BCUT2D eigenvalue weighted by Gasteiger charge is -2.13. The third kappa shape index (κ3) is 4.00. The van der Waals surface area contributed by atoms with E-state index < -0.39 is 5.97 Å². The molecule has 21 heavy (non-hydrogen) atoms. The summed E-state index contributed by atoms with van der Waals surface area (Å²) < 4.78 is 0. The minimum atomic E-state index is -1.07. The normalized spacial score (nSPS) is 12.2. The molecule has 2 aromatic heterocycles. The van der Waals surface area contributed by atoms with Crippen molar-refractivity contribution in [1.82, 2.24) is 10.3 Å². The SMILES string of the molecule is CC(NC(=O)c1ccncc1C=CC(=O)O)c1ccsc1. The van der Waals surface area contributed by atoms with E-state index in [9.17, 15) is 9.59 Å². The summed E-state index contributed by atoms with van der Waals surface area (Å²) >= 11 is 1.57. The van der Waals surface area contributed by atoms with E-state index in [1.54, 1.807) is 17.4 Å². The van der Waals surface area contributed by atoms with Gasteiger partial charge in [-0.2, -0.15) is 11.3 Å². The summed E-state index contributed by atoms with van der Waals surface area (Å²) in [5, 5.41) is 15.5. The van der Waals surface area contributed by atoms with Crippen LogP contribution in [0.3, 0.4) is 0 Å². The molecule has 2 rings (SSSR count). The van der Waals surface area contributed by atoms with Gasteiger partial charge < -0.3 is 10.4 Å². The zero-order valence-electron chi connectivity index (χ0n) is 11.3. The minimum absolute atomic E-state index is 0.117. The topological polar surface area (TPSA) is 79.3 Å². The molecule has 0 aromatic carbocycles. The lowest BCUT2D eigenvalue weighted by atomic mass is 10.1. The van der Waals surface area contributed by atoms with Crippen LogP contribution in [0.1, 0.15) is 34.5 Å². The van der Waals surface area contributed by atoms with Crippen LogP contribution in [-0.4, -0.2) is 22.0 Å². The number of nitrogens with one attached hydrogen (secondary N) is 1. The van der Waals surface area contributed by atoms with Crippen LogP contribution in [0.25, 0.3) is 6.08 Å². The molecule has 108 valence electrons. The lowest BCUT2D eigenvalue weighted by Crippen LogP contribution is -2.27. The van der Waals surface area contributed by atoms with Crippen molar-refractivity contribution in [3.05, 3.63) is 58.1 Å². The number of pyridine rings is 1. The van der Waals surface area contributed by atoms with E-state index >= 15 is 0 Å². The summed E-state index contributed by atoms with van der Waals surface area (Å²) in [6, 6.07) is 3.40. The number of aromatic nitrogens is 1. The molecule has 1 atom stereocenters. The van der Waals surface area contributed by atoms with Gasteiger partial charge in [0.05, 0.1) is 6.04 Å². The van der Waals surface area contributed by atoms with Crippen LogP contribution in [0.2, 0.25) is 0 Å². The highest BCUT2D eigenvalue weighted by Gasteiger charge is 2.14. The average Bonchev–Trinajstić information content (AvgIpc) is 2.99. The number of aliphatic carboxylic acids is 1. The Morgan fingerprint density at radius 1 is 1.43 bits per heavy atom. The molecule has 6 heteroatoms. The number of carbonyl (C=O) groups excluding carboxylic acids is 1. The number of nitrogens with zero attached hydrogens (tertiary/aromatic N) is 1. The number of rotatable bonds is 5. The van der Waals surface area contributed by atoms with Crippen molar-refractivity contribution >= 4 is 29.3 Å². The molecule has 0 aliphatic rings. The zero-order chi connectivity index (χ0) is 15.2. The van der Waals surface area contributed by atoms with E-state index in [2.05, 4.69) is 10.3 Å². The summed E-state index contributed by atoms with van der Waals surface area (Å²) in [6.07, 6.45) is 5.31. The molecule has 0 spiro atoms. The van der Waals surface area contributed by atoms with Gasteiger partial charge in [-0.15, -0.1) is 0 Å². The molecule has 1 amide bonds. The molecule has 5 nitrogen and oxygen atoms in total. The highest BCUT2D eigenvalue weighted by Crippen LogP contribution is 2.17. The van der Waals surface area contributed by atoms with E-state index in [0.717, 1.165) is 11.6 Å². The van der Waals surface area contributed by atoms with Gasteiger partial charge in [-0.1, -0.05) is 0 Å². The number of carbonyl (C=O) groups is 2. The van der Waals surface area contributed by atoms with Crippen LogP contribution in [0.15, 0.2) is 41.4 Å². The van der Waals surface area contributed by atoms with Crippen molar-refractivity contribution in [2.45, 2.75) is 13.0 Å². The summed E-state index contributed by atoms with van der Waals surface area (Å²) in [5.41, 5.74) is 1.89. The second kappa shape index (κ2) is 6.81. The average molecular weight is 302 g/mol. The molecule has 2 N–H and O–H groups in total. The predicted octanol–water partition coefficient (Wildman–Crippen LogP) is 2.73. The van der Waals surface area contributed by atoms with Gasteiger partial charge in [0.25, 0.3) is 5.91 Å². The first-order valence-corrected chi connectivity index (χ1v) is 7.20. The molecule has 0 saturated heterocycles.